The molecular formula is C14H16BrClN4O. The summed E-state index contributed by atoms with van der Waals surface area (Å²) in [7, 11) is 1.56. The van der Waals surface area contributed by atoms with E-state index >= 15 is 0 Å². The van der Waals surface area contributed by atoms with Gasteiger partial charge in [-0.2, -0.15) is 4.98 Å². The van der Waals surface area contributed by atoms with Gasteiger partial charge in [0.25, 0.3) is 0 Å². The normalized spacial score (nSPS) is 9.38. The smallest absolute Gasteiger partial charge is 0.224 e. The minimum atomic E-state index is 0.223. The van der Waals surface area contributed by atoms with E-state index in [9.17, 15) is 0 Å². The summed E-state index contributed by atoms with van der Waals surface area (Å²) in [4.78, 5) is 17.1. The molecule has 1 heterocycles. The number of carbonyl (C=O) groups excluding carboxylic acids is 1. The van der Waals surface area contributed by atoms with E-state index in [1.165, 1.54) is 5.56 Å². The summed E-state index contributed by atoms with van der Waals surface area (Å²) in [5, 5.41) is 5.71. The third-order valence-electron chi connectivity index (χ3n) is 2.48. The Labute approximate surface area is 137 Å². The second-order valence-corrected chi connectivity index (χ2v) is 5.38. The molecule has 1 aromatic carbocycles. The van der Waals surface area contributed by atoms with Gasteiger partial charge in [-0.15, -0.1) is 0 Å². The zero-order valence-electron chi connectivity index (χ0n) is 11.9. The van der Waals surface area contributed by atoms with Crippen LogP contribution < -0.4 is 10.6 Å². The molecule has 2 aromatic rings. The molecule has 1 aromatic heterocycles. The number of anilines is 2. The Balaban J connectivity index is 0.000000491. The number of aryl methyl sites for hydroxylation is 2. The number of nitrogens with zero attached hydrogens (tertiary/aromatic N) is 2. The zero-order valence-corrected chi connectivity index (χ0v) is 14.3. The first-order valence-electron chi connectivity index (χ1n) is 6.11. The van der Waals surface area contributed by atoms with E-state index in [0.717, 1.165) is 15.7 Å². The molecule has 0 saturated heterocycles. The number of hydrogen-bond donors (Lipinski definition) is 2. The van der Waals surface area contributed by atoms with Gasteiger partial charge in [-0.3, -0.25) is 4.79 Å². The van der Waals surface area contributed by atoms with Crippen LogP contribution in [0, 0.1) is 13.8 Å². The molecule has 7 heteroatoms. The Morgan fingerprint density at radius 3 is 2.62 bits per heavy atom. The van der Waals surface area contributed by atoms with Gasteiger partial charge in [-0.05, 0) is 58.6 Å². The van der Waals surface area contributed by atoms with E-state index < -0.39 is 0 Å². The topological polar surface area (TPSA) is 66.9 Å². The standard InChI is InChI=1S/C12H11BrClN3.C2H5NO/c1-7-3-4-8(2)10(5-7)16-11-9(13)6-15-12(14)17-11;1-3-2-4/h3-6H,1-2H3,(H,15,16,17);2H,1H3,(H,3,4). The zero-order chi connectivity index (χ0) is 15.8. The summed E-state index contributed by atoms with van der Waals surface area (Å²) in [6.45, 7) is 4.09. The minimum Gasteiger partial charge on any atom is -0.362 e. The second-order valence-electron chi connectivity index (χ2n) is 4.19. The molecule has 0 aliphatic heterocycles. The van der Waals surface area contributed by atoms with Crippen molar-refractivity contribution in [3.05, 3.63) is 45.3 Å². The van der Waals surface area contributed by atoms with Gasteiger partial charge in [-0.25, -0.2) is 4.98 Å². The first-order chi connectivity index (χ1) is 9.97. The quantitative estimate of drug-likeness (QED) is 0.639. The molecule has 0 unspecified atom stereocenters. The van der Waals surface area contributed by atoms with Gasteiger partial charge < -0.3 is 10.6 Å². The van der Waals surface area contributed by atoms with E-state index in [4.69, 9.17) is 16.4 Å². The second kappa shape index (κ2) is 8.59. The van der Waals surface area contributed by atoms with Crippen molar-refractivity contribution >= 4 is 45.4 Å². The van der Waals surface area contributed by atoms with E-state index in [1.807, 2.05) is 13.8 Å². The Kier molecular flexibility index (Phi) is 7.11. The van der Waals surface area contributed by atoms with Crippen molar-refractivity contribution in [2.75, 3.05) is 12.4 Å². The van der Waals surface area contributed by atoms with Gasteiger partial charge in [0.2, 0.25) is 11.7 Å². The molecular weight excluding hydrogens is 356 g/mol. The van der Waals surface area contributed by atoms with Crippen LogP contribution in [0.4, 0.5) is 11.5 Å². The lowest BCUT2D eigenvalue weighted by Crippen LogP contribution is -1.98. The molecule has 0 spiro atoms. The average molecular weight is 372 g/mol. The average Bonchev–Trinajstić information content (AvgIpc) is 2.47. The number of rotatable bonds is 3. The number of aromatic nitrogens is 2. The molecule has 21 heavy (non-hydrogen) atoms. The highest BCUT2D eigenvalue weighted by atomic mass is 79.9. The van der Waals surface area contributed by atoms with Crippen molar-refractivity contribution in [3.8, 4) is 0 Å². The fourth-order valence-electron chi connectivity index (χ4n) is 1.43. The van der Waals surface area contributed by atoms with E-state index in [-0.39, 0.29) is 5.28 Å². The lowest BCUT2D eigenvalue weighted by Gasteiger charge is -2.10. The first-order valence-corrected chi connectivity index (χ1v) is 7.28. The number of carbonyl (C=O) groups is 1. The first kappa shape index (κ1) is 17.4. The van der Waals surface area contributed by atoms with Crippen LogP contribution in [0.1, 0.15) is 11.1 Å². The van der Waals surface area contributed by atoms with Gasteiger partial charge in [-0.1, -0.05) is 12.1 Å². The number of nitrogens with one attached hydrogen (secondary N) is 2. The highest BCUT2D eigenvalue weighted by Crippen LogP contribution is 2.26. The predicted octanol–water partition coefficient (Wildman–Crippen LogP) is 3.62. The Hall–Kier alpha value is -1.66. The van der Waals surface area contributed by atoms with Crippen LogP contribution in [0.3, 0.4) is 0 Å². The Morgan fingerprint density at radius 2 is 2.00 bits per heavy atom. The van der Waals surface area contributed by atoms with Crippen molar-refractivity contribution in [2.45, 2.75) is 13.8 Å². The molecule has 0 aliphatic carbocycles. The van der Waals surface area contributed by atoms with Gasteiger partial charge in [0.05, 0.1) is 4.47 Å². The number of amides is 1. The lowest BCUT2D eigenvalue weighted by molar-refractivity contribution is -0.109. The highest BCUT2D eigenvalue weighted by Gasteiger charge is 2.06. The summed E-state index contributed by atoms with van der Waals surface area (Å²) in [5.74, 6) is 0.665. The SMILES string of the molecule is CNC=O.Cc1ccc(C)c(Nc2nc(Cl)ncc2Br)c1. The maximum atomic E-state index is 9.06. The lowest BCUT2D eigenvalue weighted by atomic mass is 10.1. The molecule has 0 saturated carbocycles. The fourth-order valence-corrected chi connectivity index (χ4v) is 1.85. The summed E-state index contributed by atoms with van der Waals surface area (Å²) in [5.41, 5.74) is 3.35. The highest BCUT2D eigenvalue weighted by molar-refractivity contribution is 9.10. The summed E-state index contributed by atoms with van der Waals surface area (Å²) >= 11 is 9.16. The summed E-state index contributed by atoms with van der Waals surface area (Å²) in [6.07, 6.45) is 2.25. The van der Waals surface area contributed by atoms with E-state index in [2.05, 4.69) is 54.7 Å². The summed E-state index contributed by atoms with van der Waals surface area (Å²) in [6, 6.07) is 6.20. The molecule has 2 N–H and O–H groups in total. The molecule has 2 rings (SSSR count). The molecule has 0 radical (unpaired) electrons. The Morgan fingerprint density at radius 1 is 1.33 bits per heavy atom. The molecule has 1 amide bonds. The van der Waals surface area contributed by atoms with E-state index in [0.29, 0.717) is 12.2 Å². The fraction of sp³-hybridized carbons (Fsp3) is 0.214. The van der Waals surface area contributed by atoms with Gasteiger partial charge >= 0.3 is 0 Å². The number of hydrogen-bond acceptors (Lipinski definition) is 4. The third kappa shape index (κ3) is 5.69. The molecule has 0 atom stereocenters. The van der Waals surface area contributed by atoms with Crippen LogP contribution in [-0.4, -0.2) is 23.4 Å². The van der Waals surface area contributed by atoms with Crippen LogP contribution in [0.5, 0.6) is 0 Å². The maximum absolute atomic E-state index is 9.06. The minimum absolute atomic E-state index is 0.223. The molecule has 112 valence electrons. The maximum Gasteiger partial charge on any atom is 0.224 e. The van der Waals surface area contributed by atoms with E-state index in [1.54, 1.807) is 13.2 Å². The van der Waals surface area contributed by atoms with Crippen molar-refractivity contribution < 1.29 is 4.79 Å². The van der Waals surface area contributed by atoms with Gasteiger partial charge in [0.15, 0.2) is 0 Å². The molecule has 0 bridgehead atoms. The third-order valence-corrected chi connectivity index (χ3v) is 3.24. The van der Waals surface area contributed by atoms with Crippen molar-refractivity contribution in [1.29, 1.82) is 0 Å². The predicted molar refractivity (Wildman–Crippen MR) is 89.1 cm³/mol. The van der Waals surface area contributed by atoms with Crippen molar-refractivity contribution in [1.82, 2.24) is 15.3 Å². The van der Waals surface area contributed by atoms with Gasteiger partial charge in [0, 0.05) is 18.9 Å². The Bertz CT molecular complexity index is 572. The number of benzene rings is 1. The van der Waals surface area contributed by atoms with Crippen molar-refractivity contribution in [3.63, 3.8) is 0 Å². The summed E-state index contributed by atoms with van der Waals surface area (Å²) < 4.78 is 0.780. The van der Waals surface area contributed by atoms with Crippen LogP contribution in [0.15, 0.2) is 28.9 Å². The molecule has 5 nitrogen and oxygen atoms in total. The number of halogens is 2. The van der Waals surface area contributed by atoms with Crippen molar-refractivity contribution in [2.24, 2.45) is 0 Å². The van der Waals surface area contributed by atoms with Gasteiger partial charge in [0.1, 0.15) is 5.82 Å². The van der Waals surface area contributed by atoms with Crippen LogP contribution >= 0.6 is 27.5 Å². The van der Waals surface area contributed by atoms with Crippen LogP contribution in [-0.2, 0) is 4.79 Å². The van der Waals surface area contributed by atoms with Crippen LogP contribution in [0.25, 0.3) is 0 Å². The molecule has 0 aliphatic rings. The molecule has 0 fully saturated rings. The van der Waals surface area contributed by atoms with Crippen LogP contribution in [0.2, 0.25) is 5.28 Å². The largest absolute Gasteiger partial charge is 0.362 e. The monoisotopic (exact) mass is 370 g/mol.